The second kappa shape index (κ2) is 8.25. The van der Waals surface area contributed by atoms with Gasteiger partial charge in [-0.05, 0) is 24.5 Å². The number of hydrogen-bond acceptors (Lipinski definition) is 3. The van der Waals surface area contributed by atoms with Crippen molar-refractivity contribution < 1.29 is 14.2 Å². The van der Waals surface area contributed by atoms with Gasteiger partial charge in [-0.3, -0.25) is 0 Å². The van der Waals surface area contributed by atoms with E-state index in [2.05, 4.69) is 31.2 Å². The number of hydrogen-bond donors (Lipinski definition) is 0. The highest BCUT2D eigenvalue weighted by Gasteiger charge is 2.33. The average Bonchev–Trinajstić information content (AvgIpc) is 2.61. The van der Waals surface area contributed by atoms with Gasteiger partial charge in [-0.1, -0.05) is 60.7 Å². The van der Waals surface area contributed by atoms with E-state index in [0.29, 0.717) is 13.2 Å². The van der Waals surface area contributed by atoms with Crippen LogP contribution in [0, 0.1) is 0 Å². The van der Waals surface area contributed by atoms with Crippen LogP contribution in [0.4, 0.5) is 0 Å². The van der Waals surface area contributed by atoms with E-state index in [-0.39, 0.29) is 18.3 Å². The summed E-state index contributed by atoms with van der Waals surface area (Å²) >= 11 is 0. The van der Waals surface area contributed by atoms with E-state index in [4.69, 9.17) is 14.2 Å². The van der Waals surface area contributed by atoms with Crippen LogP contribution in [0.5, 0.6) is 0 Å². The van der Waals surface area contributed by atoms with Gasteiger partial charge in [-0.15, -0.1) is 0 Å². The topological polar surface area (TPSA) is 27.7 Å². The summed E-state index contributed by atoms with van der Waals surface area (Å²) in [7, 11) is 0. The molecule has 3 heteroatoms. The van der Waals surface area contributed by atoms with Gasteiger partial charge in [0.2, 0.25) is 0 Å². The minimum absolute atomic E-state index is 0.0346. The molecule has 0 unspecified atom stereocenters. The number of benzene rings is 2. The van der Waals surface area contributed by atoms with Crippen LogP contribution in [0.1, 0.15) is 24.5 Å². The maximum atomic E-state index is 6.14. The first-order chi connectivity index (χ1) is 11.3. The molecule has 1 fully saturated rings. The van der Waals surface area contributed by atoms with E-state index >= 15 is 0 Å². The third-order valence-electron chi connectivity index (χ3n) is 4.20. The third kappa shape index (κ3) is 4.64. The van der Waals surface area contributed by atoms with Crippen molar-refractivity contribution in [2.75, 3.05) is 6.61 Å². The van der Waals surface area contributed by atoms with E-state index < -0.39 is 0 Å². The van der Waals surface area contributed by atoms with Crippen molar-refractivity contribution >= 4 is 0 Å². The predicted molar refractivity (Wildman–Crippen MR) is 90.1 cm³/mol. The molecule has 0 bridgehead atoms. The van der Waals surface area contributed by atoms with Crippen molar-refractivity contribution in [3.63, 3.8) is 0 Å². The first-order valence-corrected chi connectivity index (χ1v) is 8.25. The molecule has 122 valence electrons. The average molecular weight is 312 g/mol. The predicted octanol–water partition coefficient (Wildman–Crippen LogP) is 3.97. The van der Waals surface area contributed by atoms with Gasteiger partial charge < -0.3 is 14.2 Å². The van der Waals surface area contributed by atoms with Crippen molar-refractivity contribution in [2.45, 2.75) is 44.9 Å². The quantitative estimate of drug-likeness (QED) is 0.808. The lowest BCUT2D eigenvalue weighted by Crippen LogP contribution is -2.46. The Balaban J connectivity index is 1.58. The Kier molecular flexibility index (Phi) is 5.81. The summed E-state index contributed by atoms with van der Waals surface area (Å²) in [5.74, 6) is 0. The maximum Gasteiger partial charge on any atom is 0.110 e. The fraction of sp³-hybridized carbons (Fsp3) is 0.400. The molecule has 1 saturated heterocycles. The summed E-state index contributed by atoms with van der Waals surface area (Å²) in [5, 5.41) is 0. The normalized spacial score (nSPS) is 24.5. The van der Waals surface area contributed by atoms with Crippen molar-refractivity contribution in [2.24, 2.45) is 0 Å². The minimum atomic E-state index is -0.0346. The molecular weight excluding hydrogens is 288 g/mol. The molecule has 0 amide bonds. The van der Waals surface area contributed by atoms with Crippen LogP contribution in [0.25, 0.3) is 0 Å². The lowest BCUT2D eigenvalue weighted by atomic mass is 10.0. The van der Waals surface area contributed by atoms with Crippen LogP contribution in [0.2, 0.25) is 0 Å². The fourth-order valence-electron chi connectivity index (χ4n) is 2.90. The van der Waals surface area contributed by atoms with Crippen LogP contribution in [-0.2, 0) is 27.4 Å². The molecule has 3 nitrogen and oxygen atoms in total. The van der Waals surface area contributed by atoms with E-state index in [1.54, 1.807) is 0 Å². The highest BCUT2D eigenvalue weighted by atomic mass is 16.6. The van der Waals surface area contributed by atoms with Crippen LogP contribution < -0.4 is 0 Å². The van der Waals surface area contributed by atoms with Crippen LogP contribution in [-0.4, -0.2) is 24.9 Å². The Labute approximate surface area is 138 Å². The molecule has 0 saturated carbocycles. The second-order valence-electron chi connectivity index (χ2n) is 5.96. The van der Waals surface area contributed by atoms with Gasteiger partial charge in [-0.2, -0.15) is 0 Å². The zero-order chi connectivity index (χ0) is 15.9. The smallest absolute Gasteiger partial charge is 0.110 e. The summed E-state index contributed by atoms with van der Waals surface area (Å²) < 4.78 is 18.0. The first kappa shape index (κ1) is 16.2. The standard InChI is InChI=1S/C20H24O3/c1-16-20(23-15-18-10-6-3-7-11-18)19(12-13-21-16)22-14-17-8-4-2-5-9-17/h2-11,16,19-20H,12-15H2,1H3/t16-,19-,20-/m1/s1. The molecule has 23 heavy (non-hydrogen) atoms. The van der Waals surface area contributed by atoms with Crippen molar-refractivity contribution in [3.05, 3.63) is 71.8 Å². The number of rotatable bonds is 6. The van der Waals surface area contributed by atoms with E-state index in [9.17, 15) is 0 Å². The van der Waals surface area contributed by atoms with Gasteiger partial charge in [0.1, 0.15) is 6.10 Å². The molecule has 3 atom stereocenters. The summed E-state index contributed by atoms with van der Waals surface area (Å²) in [6.07, 6.45) is 0.958. The van der Waals surface area contributed by atoms with Crippen LogP contribution in [0.3, 0.4) is 0 Å². The molecule has 1 heterocycles. The Morgan fingerprint density at radius 2 is 1.43 bits per heavy atom. The van der Waals surface area contributed by atoms with Crippen LogP contribution in [0.15, 0.2) is 60.7 Å². The minimum Gasteiger partial charge on any atom is -0.376 e. The van der Waals surface area contributed by atoms with E-state index in [1.807, 2.05) is 36.4 Å². The van der Waals surface area contributed by atoms with Gasteiger partial charge in [-0.25, -0.2) is 0 Å². The molecule has 0 aromatic heterocycles. The summed E-state index contributed by atoms with van der Waals surface area (Å²) in [6.45, 7) is 3.99. The maximum absolute atomic E-state index is 6.14. The molecule has 3 rings (SSSR count). The SMILES string of the molecule is C[C@H]1OCC[C@@H](OCc2ccccc2)[C@@H]1OCc1ccccc1. The molecule has 2 aromatic rings. The van der Waals surface area contributed by atoms with E-state index in [0.717, 1.165) is 13.0 Å². The lowest BCUT2D eigenvalue weighted by molar-refractivity contribution is -0.178. The zero-order valence-corrected chi connectivity index (χ0v) is 13.6. The molecule has 1 aliphatic heterocycles. The van der Waals surface area contributed by atoms with Gasteiger partial charge in [0.25, 0.3) is 0 Å². The summed E-state index contributed by atoms with van der Waals surface area (Å²) in [6, 6.07) is 20.5. The Hall–Kier alpha value is -1.68. The summed E-state index contributed by atoms with van der Waals surface area (Å²) in [5.41, 5.74) is 2.36. The monoisotopic (exact) mass is 312 g/mol. The molecule has 0 spiro atoms. The lowest BCUT2D eigenvalue weighted by Gasteiger charge is -2.36. The first-order valence-electron chi connectivity index (χ1n) is 8.25. The molecule has 0 aliphatic carbocycles. The Morgan fingerprint density at radius 3 is 2.04 bits per heavy atom. The molecule has 2 aromatic carbocycles. The van der Waals surface area contributed by atoms with E-state index in [1.165, 1.54) is 11.1 Å². The Bertz CT molecular complexity index is 570. The van der Waals surface area contributed by atoms with Crippen molar-refractivity contribution in [3.8, 4) is 0 Å². The van der Waals surface area contributed by atoms with Gasteiger partial charge >= 0.3 is 0 Å². The van der Waals surface area contributed by atoms with Crippen molar-refractivity contribution in [1.82, 2.24) is 0 Å². The summed E-state index contributed by atoms with van der Waals surface area (Å²) in [4.78, 5) is 0. The van der Waals surface area contributed by atoms with Gasteiger partial charge in [0, 0.05) is 6.61 Å². The van der Waals surface area contributed by atoms with Crippen LogP contribution >= 0.6 is 0 Å². The van der Waals surface area contributed by atoms with Gasteiger partial charge in [0.15, 0.2) is 0 Å². The van der Waals surface area contributed by atoms with Gasteiger partial charge in [0.05, 0.1) is 25.4 Å². The highest BCUT2D eigenvalue weighted by Crippen LogP contribution is 2.23. The second-order valence-corrected chi connectivity index (χ2v) is 5.96. The molecular formula is C20H24O3. The fourth-order valence-corrected chi connectivity index (χ4v) is 2.90. The Morgan fingerprint density at radius 1 is 0.870 bits per heavy atom. The zero-order valence-electron chi connectivity index (χ0n) is 13.6. The molecule has 0 radical (unpaired) electrons. The molecule has 0 N–H and O–H groups in total. The third-order valence-corrected chi connectivity index (χ3v) is 4.20. The number of ether oxygens (including phenoxy) is 3. The molecule has 1 aliphatic rings. The largest absolute Gasteiger partial charge is 0.376 e. The van der Waals surface area contributed by atoms with Crippen molar-refractivity contribution in [1.29, 1.82) is 0 Å². The highest BCUT2D eigenvalue weighted by molar-refractivity contribution is 5.14.